The van der Waals surface area contributed by atoms with E-state index in [-0.39, 0.29) is 17.7 Å². The van der Waals surface area contributed by atoms with E-state index >= 15 is 0 Å². The number of nitrogens with two attached hydrogens (primary N) is 1. The van der Waals surface area contributed by atoms with Crippen molar-refractivity contribution in [3.8, 4) is 0 Å². The van der Waals surface area contributed by atoms with Crippen LogP contribution in [0.1, 0.15) is 41.0 Å². The zero-order valence-corrected chi connectivity index (χ0v) is 12.2. The number of hydrogen-bond donors (Lipinski definition) is 2. The Hall–Kier alpha value is -1.10. The second-order valence-corrected chi connectivity index (χ2v) is 4.65. The van der Waals surface area contributed by atoms with Crippen LogP contribution in [0, 0.1) is 5.92 Å². The van der Waals surface area contributed by atoms with Crippen molar-refractivity contribution in [3.05, 3.63) is 0 Å². The Bertz CT molecular complexity index is 277. The maximum Gasteiger partial charge on any atom is 0.244 e. The number of rotatable bonds is 7. The third kappa shape index (κ3) is 4.64. The summed E-state index contributed by atoms with van der Waals surface area (Å²) < 4.78 is 0. The first kappa shape index (κ1) is 16.9. The van der Waals surface area contributed by atoms with E-state index in [2.05, 4.69) is 5.32 Å². The number of hydrogen-bond acceptors (Lipinski definition) is 3. The Morgan fingerprint density at radius 1 is 1.17 bits per heavy atom. The molecule has 0 radical (unpaired) electrons. The summed E-state index contributed by atoms with van der Waals surface area (Å²) >= 11 is 0. The van der Waals surface area contributed by atoms with E-state index in [1.807, 2.05) is 27.7 Å². The summed E-state index contributed by atoms with van der Waals surface area (Å²) in [6.07, 6.45) is 0.840. The summed E-state index contributed by atoms with van der Waals surface area (Å²) in [4.78, 5) is 25.5. The van der Waals surface area contributed by atoms with Gasteiger partial charge in [-0.2, -0.15) is 0 Å². The fourth-order valence-corrected chi connectivity index (χ4v) is 1.69. The molecular weight excluding hydrogens is 230 g/mol. The molecule has 3 N–H and O–H groups in total. The van der Waals surface area contributed by atoms with E-state index < -0.39 is 12.1 Å². The zero-order valence-electron chi connectivity index (χ0n) is 12.2. The molecule has 0 aromatic carbocycles. The minimum Gasteiger partial charge on any atom is -0.343 e. The highest BCUT2D eigenvalue weighted by molar-refractivity contribution is 5.89. The molecule has 18 heavy (non-hydrogen) atoms. The van der Waals surface area contributed by atoms with Crippen molar-refractivity contribution in [3.63, 3.8) is 0 Å². The van der Waals surface area contributed by atoms with E-state index in [4.69, 9.17) is 5.73 Å². The molecule has 1 unspecified atom stereocenters. The molecule has 0 bridgehead atoms. The van der Waals surface area contributed by atoms with Gasteiger partial charge in [0.05, 0.1) is 6.04 Å². The highest BCUT2D eigenvalue weighted by atomic mass is 16.2. The van der Waals surface area contributed by atoms with Gasteiger partial charge in [-0.3, -0.25) is 9.59 Å². The number of nitrogens with one attached hydrogen (secondary N) is 1. The lowest BCUT2D eigenvalue weighted by molar-refractivity contribution is -0.136. The predicted molar refractivity (Wildman–Crippen MR) is 73.0 cm³/mol. The van der Waals surface area contributed by atoms with Crippen molar-refractivity contribution in [2.24, 2.45) is 11.7 Å². The molecule has 0 aliphatic heterocycles. The minimum absolute atomic E-state index is 0.0651. The van der Waals surface area contributed by atoms with Gasteiger partial charge in [-0.25, -0.2) is 0 Å². The summed E-state index contributed by atoms with van der Waals surface area (Å²) in [7, 11) is 0. The van der Waals surface area contributed by atoms with E-state index in [1.54, 1.807) is 11.8 Å². The Kier molecular flexibility index (Phi) is 7.59. The number of carbonyl (C=O) groups excluding carboxylic acids is 2. The quantitative estimate of drug-likeness (QED) is 0.706. The van der Waals surface area contributed by atoms with E-state index in [1.165, 1.54) is 0 Å². The van der Waals surface area contributed by atoms with Gasteiger partial charge in [-0.1, -0.05) is 20.3 Å². The summed E-state index contributed by atoms with van der Waals surface area (Å²) in [5.41, 5.74) is 5.82. The predicted octanol–water partition coefficient (Wildman–Crippen LogP) is 0.733. The van der Waals surface area contributed by atoms with Gasteiger partial charge in [0.2, 0.25) is 11.8 Å². The van der Waals surface area contributed by atoms with Crippen molar-refractivity contribution in [2.75, 3.05) is 13.1 Å². The highest BCUT2D eigenvalue weighted by Gasteiger charge is 2.24. The van der Waals surface area contributed by atoms with Gasteiger partial charge in [0.25, 0.3) is 0 Å². The lowest BCUT2D eigenvalue weighted by Crippen LogP contribution is -2.52. The van der Waals surface area contributed by atoms with Crippen molar-refractivity contribution in [1.82, 2.24) is 10.2 Å². The van der Waals surface area contributed by atoms with Gasteiger partial charge >= 0.3 is 0 Å². The van der Waals surface area contributed by atoms with Gasteiger partial charge < -0.3 is 16.0 Å². The second-order valence-electron chi connectivity index (χ2n) is 4.65. The molecule has 0 fully saturated rings. The van der Waals surface area contributed by atoms with Crippen LogP contribution in [0.15, 0.2) is 0 Å². The van der Waals surface area contributed by atoms with Crippen LogP contribution in [-0.2, 0) is 9.59 Å². The SMILES string of the molecule is CC[C@H](C)[C@H](N)C(=O)NC(C)C(=O)N(CC)CC. The molecule has 0 aliphatic carbocycles. The first-order valence-electron chi connectivity index (χ1n) is 6.73. The van der Waals surface area contributed by atoms with Gasteiger partial charge in [-0.05, 0) is 26.7 Å². The molecule has 2 amide bonds. The molecule has 0 saturated carbocycles. The average Bonchev–Trinajstić information content (AvgIpc) is 2.37. The fourth-order valence-electron chi connectivity index (χ4n) is 1.69. The second kappa shape index (κ2) is 8.08. The highest BCUT2D eigenvalue weighted by Crippen LogP contribution is 2.05. The van der Waals surface area contributed by atoms with Crippen molar-refractivity contribution >= 4 is 11.8 Å². The van der Waals surface area contributed by atoms with Crippen LogP contribution < -0.4 is 11.1 Å². The van der Waals surface area contributed by atoms with Gasteiger partial charge in [0.1, 0.15) is 6.04 Å². The Morgan fingerprint density at radius 2 is 1.67 bits per heavy atom. The largest absolute Gasteiger partial charge is 0.343 e. The number of nitrogens with zero attached hydrogens (tertiary/aromatic N) is 1. The standard InChI is InChI=1S/C13H27N3O2/c1-6-9(4)11(14)12(17)15-10(5)13(18)16(7-2)8-3/h9-11H,6-8,14H2,1-5H3,(H,15,17)/t9-,10?,11-/m0/s1. The molecule has 3 atom stereocenters. The lowest BCUT2D eigenvalue weighted by atomic mass is 9.99. The van der Waals surface area contributed by atoms with E-state index in [0.717, 1.165) is 6.42 Å². The Morgan fingerprint density at radius 3 is 2.06 bits per heavy atom. The third-order valence-electron chi connectivity index (χ3n) is 3.36. The van der Waals surface area contributed by atoms with Crippen LogP contribution in [-0.4, -0.2) is 41.9 Å². The normalized spacial score (nSPS) is 15.7. The molecule has 5 nitrogen and oxygen atoms in total. The molecular formula is C13H27N3O2. The van der Waals surface area contributed by atoms with Crippen LogP contribution in [0.25, 0.3) is 0 Å². The smallest absolute Gasteiger partial charge is 0.244 e. The van der Waals surface area contributed by atoms with E-state index in [9.17, 15) is 9.59 Å². The van der Waals surface area contributed by atoms with E-state index in [0.29, 0.717) is 13.1 Å². The molecule has 5 heteroatoms. The Labute approximate surface area is 110 Å². The first-order chi connectivity index (χ1) is 8.38. The third-order valence-corrected chi connectivity index (χ3v) is 3.36. The number of likely N-dealkylation sites (N-methyl/N-ethyl adjacent to an activating group) is 1. The maximum absolute atomic E-state index is 12.0. The average molecular weight is 257 g/mol. The van der Waals surface area contributed by atoms with Gasteiger partial charge in [0.15, 0.2) is 0 Å². The van der Waals surface area contributed by atoms with Crippen LogP contribution >= 0.6 is 0 Å². The molecule has 0 rings (SSSR count). The van der Waals surface area contributed by atoms with Gasteiger partial charge in [0, 0.05) is 13.1 Å². The van der Waals surface area contributed by atoms with Crippen molar-refractivity contribution < 1.29 is 9.59 Å². The van der Waals surface area contributed by atoms with Crippen LogP contribution in [0.5, 0.6) is 0 Å². The minimum atomic E-state index is -0.554. The Balaban J connectivity index is 4.43. The van der Waals surface area contributed by atoms with Crippen LogP contribution in [0.3, 0.4) is 0 Å². The van der Waals surface area contributed by atoms with Crippen molar-refractivity contribution in [1.29, 1.82) is 0 Å². The molecule has 0 spiro atoms. The summed E-state index contributed by atoms with van der Waals surface area (Å²) in [6.45, 7) is 10.7. The summed E-state index contributed by atoms with van der Waals surface area (Å²) in [5.74, 6) is -0.206. The number of amides is 2. The molecule has 0 aliphatic rings. The molecule has 0 aromatic rings. The lowest BCUT2D eigenvalue weighted by Gasteiger charge is -2.25. The zero-order chi connectivity index (χ0) is 14.3. The molecule has 0 heterocycles. The summed E-state index contributed by atoms with van der Waals surface area (Å²) in [6, 6.07) is -1.07. The molecule has 0 aromatic heterocycles. The first-order valence-corrected chi connectivity index (χ1v) is 6.73. The number of carbonyl (C=O) groups is 2. The fraction of sp³-hybridized carbons (Fsp3) is 0.846. The van der Waals surface area contributed by atoms with Crippen LogP contribution in [0.2, 0.25) is 0 Å². The van der Waals surface area contributed by atoms with Crippen molar-refractivity contribution in [2.45, 2.75) is 53.1 Å². The molecule has 0 saturated heterocycles. The summed E-state index contributed by atoms with van der Waals surface area (Å²) in [5, 5.41) is 2.69. The van der Waals surface area contributed by atoms with Crippen LogP contribution in [0.4, 0.5) is 0 Å². The van der Waals surface area contributed by atoms with Gasteiger partial charge in [-0.15, -0.1) is 0 Å². The molecule has 106 valence electrons. The topological polar surface area (TPSA) is 75.4 Å². The maximum atomic E-state index is 12.0. The monoisotopic (exact) mass is 257 g/mol.